The third kappa shape index (κ3) is 2.41. The van der Waals surface area contributed by atoms with E-state index in [4.69, 9.17) is 4.74 Å². The first-order chi connectivity index (χ1) is 8.69. The Labute approximate surface area is 108 Å². The predicted octanol–water partition coefficient (Wildman–Crippen LogP) is 3.34. The summed E-state index contributed by atoms with van der Waals surface area (Å²) in [5.74, 6) is -0.886. The van der Waals surface area contributed by atoms with Crippen LogP contribution in [0.5, 0.6) is 0 Å². The molecule has 0 bridgehead atoms. The molecule has 1 unspecified atom stereocenters. The molecule has 1 N–H and O–H groups in total. The van der Waals surface area contributed by atoms with Gasteiger partial charge >= 0.3 is 5.97 Å². The van der Waals surface area contributed by atoms with Gasteiger partial charge in [-0.1, -0.05) is 50.1 Å². The normalized spacial score (nSPS) is 19.6. The number of carboxylic acids is 1. The fraction of sp³-hybridized carbons (Fsp3) is 0.533. The Morgan fingerprint density at radius 1 is 1.33 bits per heavy atom. The molecule has 1 aromatic rings. The lowest BCUT2D eigenvalue weighted by atomic mass is 9.90. The van der Waals surface area contributed by atoms with E-state index in [0.717, 1.165) is 31.2 Å². The van der Waals surface area contributed by atoms with Gasteiger partial charge in [-0.25, -0.2) is 4.79 Å². The van der Waals surface area contributed by atoms with E-state index in [1.165, 1.54) is 0 Å². The average molecular weight is 248 g/mol. The molecule has 1 saturated carbocycles. The lowest BCUT2D eigenvalue weighted by Gasteiger charge is -2.32. The maximum absolute atomic E-state index is 11.7. The number of carbonyl (C=O) groups is 1. The van der Waals surface area contributed by atoms with Crippen LogP contribution in [0.15, 0.2) is 30.3 Å². The molecular formula is C15H20O3. The second kappa shape index (κ2) is 5.53. The van der Waals surface area contributed by atoms with Gasteiger partial charge in [-0.2, -0.15) is 0 Å². The number of carboxylic acid groups (broad SMARTS) is 1. The molecule has 3 nitrogen and oxygen atoms in total. The largest absolute Gasteiger partial charge is 0.479 e. The summed E-state index contributed by atoms with van der Waals surface area (Å²) in [7, 11) is 0. The van der Waals surface area contributed by atoms with Crippen molar-refractivity contribution in [1.29, 1.82) is 0 Å². The van der Waals surface area contributed by atoms with Crippen LogP contribution in [0.2, 0.25) is 0 Å². The third-order valence-corrected chi connectivity index (χ3v) is 3.75. The maximum atomic E-state index is 11.7. The van der Waals surface area contributed by atoms with E-state index in [2.05, 4.69) is 0 Å². The van der Waals surface area contributed by atoms with Crippen molar-refractivity contribution < 1.29 is 14.6 Å². The minimum absolute atomic E-state index is 0.0845. The Bertz CT molecular complexity index is 395. The van der Waals surface area contributed by atoms with Gasteiger partial charge in [-0.05, 0) is 24.8 Å². The summed E-state index contributed by atoms with van der Waals surface area (Å²) >= 11 is 0. The van der Waals surface area contributed by atoms with Crippen molar-refractivity contribution in [3.8, 4) is 0 Å². The Morgan fingerprint density at radius 3 is 2.44 bits per heavy atom. The van der Waals surface area contributed by atoms with E-state index in [1.807, 2.05) is 37.3 Å². The topological polar surface area (TPSA) is 46.5 Å². The van der Waals surface area contributed by atoms with Gasteiger partial charge in [0.1, 0.15) is 0 Å². The Kier molecular flexibility index (Phi) is 4.02. The first kappa shape index (κ1) is 13.1. The molecule has 1 aliphatic rings. The van der Waals surface area contributed by atoms with Crippen LogP contribution in [-0.2, 0) is 15.1 Å². The Hall–Kier alpha value is -1.35. The number of rotatable bonds is 5. The molecule has 1 atom stereocenters. The van der Waals surface area contributed by atoms with Gasteiger partial charge in [0.2, 0.25) is 0 Å². The van der Waals surface area contributed by atoms with Gasteiger partial charge < -0.3 is 9.84 Å². The molecule has 1 aliphatic carbocycles. The lowest BCUT2D eigenvalue weighted by molar-refractivity contribution is -0.177. The number of aliphatic carboxylic acids is 1. The summed E-state index contributed by atoms with van der Waals surface area (Å²) in [6, 6.07) is 9.29. The molecule has 1 aromatic carbocycles. The Balaban J connectivity index is 2.30. The summed E-state index contributed by atoms with van der Waals surface area (Å²) in [6.07, 6.45) is 4.76. The van der Waals surface area contributed by atoms with Crippen molar-refractivity contribution in [3.05, 3.63) is 35.9 Å². The average Bonchev–Trinajstić information content (AvgIpc) is 2.89. The van der Waals surface area contributed by atoms with Crippen molar-refractivity contribution in [2.45, 2.75) is 50.7 Å². The molecule has 3 heteroatoms. The molecule has 0 spiro atoms. The summed E-state index contributed by atoms with van der Waals surface area (Å²) < 4.78 is 6.00. The van der Waals surface area contributed by atoms with Crippen LogP contribution in [0.25, 0.3) is 0 Å². The highest BCUT2D eigenvalue weighted by atomic mass is 16.5. The molecular weight excluding hydrogens is 228 g/mol. The zero-order valence-electron chi connectivity index (χ0n) is 10.8. The third-order valence-electron chi connectivity index (χ3n) is 3.75. The van der Waals surface area contributed by atoms with Gasteiger partial charge in [-0.3, -0.25) is 0 Å². The van der Waals surface area contributed by atoms with Gasteiger partial charge in [0, 0.05) is 0 Å². The van der Waals surface area contributed by atoms with Crippen LogP contribution in [0.4, 0.5) is 0 Å². The predicted molar refractivity (Wildman–Crippen MR) is 69.4 cm³/mol. The fourth-order valence-corrected chi connectivity index (χ4v) is 2.68. The summed E-state index contributed by atoms with van der Waals surface area (Å²) in [5, 5.41) is 9.61. The molecule has 0 radical (unpaired) electrons. The highest BCUT2D eigenvalue weighted by molar-refractivity contribution is 5.79. The van der Waals surface area contributed by atoms with Crippen molar-refractivity contribution in [2.75, 3.05) is 0 Å². The molecule has 2 rings (SSSR count). The summed E-state index contributed by atoms with van der Waals surface area (Å²) in [6.45, 7) is 1.87. The molecule has 0 saturated heterocycles. The number of hydrogen-bond donors (Lipinski definition) is 1. The van der Waals surface area contributed by atoms with E-state index in [1.54, 1.807) is 0 Å². The summed E-state index contributed by atoms with van der Waals surface area (Å²) in [4.78, 5) is 11.7. The molecule has 0 amide bonds. The van der Waals surface area contributed by atoms with E-state index in [0.29, 0.717) is 6.42 Å². The Morgan fingerprint density at radius 2 is 1.94 bits per heavy atom. The van der Waals surface area contributed by atoms with Crippen LogP contribution >= 0.6 is 0 Å². The van der Waals surface area contributed by atoms with Gasteiger partial charge in [0.05, 0.1) is 6.10 Å². The molecule has 1 fully saturated rings. The van der Waals surface area contributed by atoms with Gasteiger partial charge in [-0.15, -0.1) is 0 Å². The zero-order chi connectivity index (χ0) is 13.0. The smallest absolute Gasteiger partial charge is 0.340 e. The number of benzene rings is 1. The fourth-order valence-electron chi connectivity index (χ4n) is 2.68. The molecule has 0 heterocycles. The SMILES string of the molecule is CCC(OC1CCCC1)(C(=O)O)c1ccccc1. The minimum atomic E-state index is -1.18. The van der Waals surface area contributed by atoms with Crippen molar-refractivity contribution >= 4 is 5.97 Å². The highest BCUT2D eigenvalue weighted by Gasteiger charge is 2.42. The van der Waals surface area contributed by atoms with Crippen molar-refractivity contribution in [1.82, 2.24) is 0 Å². The molecule has 0 aliphatic heterocycles. The van der Waals surface area contributed by atoms with E-state index < -0.39 is 11.6 Å². The maximum Gasteiger partial charge on any atom is 0.340 e. The van der Waals surface area contributed by atoms with Crippen LogP contribution in [0.1, 0.15) is 44.6 Å². The quantitative estimate of drug-likeness (QED) is 0.869. The monoisotopic (exact) mass is 248 g/mol. The van der Waals surface area contributed by atoms with Crippen LogP contribution < -0.4 is 0 Å². The molecule has 98 valence electrons. The van der Waals surface area contributed by atoms with E-state index >= 15 is 0 Å². The highest BCUT2D eigenvalue weighted by Crippen LogP contribution is 2.35. The number of hydrogen-bond acceptors (Lipinski definition) is 2. The molecule has 18 heavy (non-hydrogen) atoms. The minimum Gasteiger partial charge on any atom is -0.479 e. The standard InChI is InChI=1S/C15H20O3/c1-2-15(14(16)17,12-8-4-3-5-9-12)18-13-10-6-7-11-13/h3-5,8-9,13H,2,6-7,10-11H2,1H3,(H,16,17). The summed E-state index contributed by atoms with van der Waals surface area (Å²) in [5.41, 5.74) is -0.442. The zero-order valence-corrected chi connectivity index (χ0v) is 10.8. The first-order valence-electron chi connectivity index (χ1n) is 6.66. The van der Waals surface area contributed by atoms with Crippen LogP contribution in [0, 0.1) is 0 Å². The number of ether oxygens (including phenoxy) is 1. The van der Waals surface area contributed by atoms with Crippen LogP contribution in [-0.4, -0.2) is 17.2 Å². The molecule has 0 aromatic heterocycles. The lowest BCUT2D eigenvalue weighted by Crippen LogP contribution is -2.40. The van der Waals surface area contributed by atoms with E-state index in [9.17, 15) is 9.90 Å². The van der Waals surface area contributed by atoms with Crippen molar-refractivity contribution in [3.63, 3.8) is 0 Å². The second-order valence-corrected chi connectivity index (χ2v) is 4.88. The van der Waals surface area contributed by atoms with Crippen LogP contribution in [0.3, 0.4) is 0 Å². The first-order valence-corrected chi connectivity index (χ1v) is 6.66. The van der Waals surface area contributed by atoms with Gasteiger partial charge in [0.25, 0.3) is 0 Å². The van der Waals surface area contributed by atoms with Crippen molar-refractivity contribution in [2.24, 2.45) is 0 Å². The van der Waals surface area contributed by atoms with E-state index in [-0.39, 0.29) is 6.10 Å². The van der Waals surface area contributed by atoms with Gasteiger partial charge in [0.15, 0.2) is 5.60 Å². The second-order valence-electron chi connectivity index (χ2n) is 4.88.